The topological polar surface area (TPSA) is 46.3 Å². The molecule has 2 rings (SSSR count). The molecule has 0 aromatic carbocycles. The molecule has 98 valence electrons. The summed E-state index contributed by atoms with van der Waals surface area (Å²) in [6.07, 6.45) is 6.57. The molecule has 3 nitrogen and oxygen atoms in total. The molecule has 1 aliphatic carbocycles. The Bertz CT molecular complexity index is 279. The zero-order chi connectivity index (χ0) is 12.4. The van der Waals surface area contributed by atoms with Crippen LogP contribution in [0.3, 0.4) is 0 Å². The van der Waals surface area contributed by atoms with Crippen LogP contribution in [-0.4, -0.2) is 29.4 Å². The molecule has 4 unspecified atom stereocenters. The van der Waals surface area contributed by atoms with E-state index in [-0.39, 0.29) is 6.04 Å². The summed E-state index contributed by atoms with van der Waals surface area (Å²) in [7, 11) is 0. The molecule has 0 aromatic rings. The van der Waals surface area contributed by atoms with E-state index in [0.29, 0.717) is 30.2 Å². The summed E-state index contributed by atoms with van der Waals surface area (Å²) < 4.78 is 0. The summed E-state index contributed by atoms with van der Waals surface area (Å²) in [6, 6.07) is 0.681. The van der Waals surface area contributed by atoms with Gasteiger partial charge >= 0.3 is 0 Å². The minimum atomic E-state index is 0.253. The summed E-state index contributed by atoms with van der Waals surface area (Å²) in [5, 5.41) is 0. The van der Waals surface area contributed by atoms with E-state index in [0.717, 1.165) is 25.8 Å². The number of amides is 1. The Morgan fingerprint density at radius 1 is 1.29 bits per heavy atom. The normalized spacial score (nSPS) is 38.4. The molecule has 4 atom stereocenters. The van der Waals surface area contributed by atoms with Crippen molar-refractivity contribution in [3.63, 3.8) is 0 Å². The molecule has 0 aromatic heterocycles. The molecule has 2 N–H and O–H groups in total. The summed E-state index contributed by atoms with van der Waals surface area (Å²) in [5.74, 6) is 1.43. The van der Waals surface area contributed by atoms with Gasteiger partial charge in [0.25, 0.3) is 0 Å². The van der Waals surface area contributed by atoms with Gasteiger partial charge in [0.2, 0.25) is 5.91 Å². The Balaban J connectivity index is 1.88. The van der Waals surface area contributed by atoms with Gasteiger partial charge in [0, 0.05) is 25.0 Å². The second-order valence-corrected chi connectivity index (χ2v) is 6.15. The van der Waals surface area contributed by atoms with Gasteiger partial charge in [-0.1, -0.05) is 19.8 Å². The lowest BCUT2D eigenvalue weighted by Crippen LogP contribution is -2.40. The summed E-state index contributed by atoms with van der Waals surface area (Å²) in [5.41, 5.74) is 6.12. The van der Waals surface area contributed by atoms with Crippen molar-refractivity contribution in [3.05, 3.63) is 0 Å². The second-order valence-electron chi connectivity index (χ2n) is 6.15. The zero-order valence-corrected chi connectivity index (χ0v) is 11.2. The third kappa shape index (κ3) is 3.01. The summed E-state index contributed by atoms with van der Waals surface area (Å²) in [4.78, 5) is 14.4. The predicted octanol–water partition coefficient (Wildman–Crippen LogP) is 2.15. The molecular formula is C14H26N2O. The Labute approximate surface area is 105 Å². The average Bonchev–Trinajstić information content (AvgIpc) is 2.61. The lowest BCUT2D eigenvalue weighted by atomic mass is 9.82. The minimum absolute atomic E-state index is 0.253. The van der Waals surface area contributed by atoms with E-state index in [1.165, 1.54) is 12.8 Å². The summed E-state index contributed by atoms with van der Waals surface area (Å²) >= 11 is 0. The van der Waals surface area contributed by atoms with E-state index in [1.807, 2.05) is 0 Å². The number of hydrogen-bond donors (Lipinski definition) is 1. The zero-order valence-electron chi connectivity index (χ0n) is 11.2. The quantitative estimate of drug-likeness (QED) is 0.801. The lowest BCUT2D eigenvalue weighted by Gasteiger charge is -2.30. The monoisotopic (exact) mass is 238 g/mol. The highest BCUT2D eigenvalue weighted by Gasteiger charge is 2.32. The minimum Gasteiger partial charge on any atom is -0.340 e. The summed E-state index contributed by atoms with van der Waals surface area (Å²) in [6.45, 7) is 5.35. The second kappa shape index (κ2) is 5.38. The molecular weight excluding hydrogens is 212 g/mol. The molecule has 1 heterocycles. The third-order valence-electron chi connectivity index (χ3n) is 4.51. The maximum atomic E-state index is 12.3. The van der Waals surface area contributed by atoms with Crippen LogP contribution < -0.4 is 5.73 Å². The van der Waals surface area contributed by atoms with Gasteiger partial charge in [0.15, 0.2) is 0 Å². The van der Waals surface area contributed by atoms with Gasteiger partial charge in [-0.3, -0.25) is 4.79 Å². The largest absolute Gasteiger partial charge is 0.340 e. The van der Waals surface area contributed by atoms with Crippen molar-refractivity contribution in [2.24, 2.45) is 17.6 Å². The Kier molecular flexibility index (Phi) is 4.08. The lowest BCUT2D eigenvalue weighted by molar-refractivity contribution is -0.133. The first-order valence-electron chi connectivity index (χ1n) is 7.13. The molecule has 2 fully saturated rings. The van der Waals surface area contributed by atoms with Crippen LogP contribution in [0.1, 0.15) is 52.4 Å². The van der Waals surface area contributed by atoms with Crippen LogP contribution in [0.2, 0.25) is 0 Å². The van der Waals surface area contributed by atoms with Crippen molar-refractivity contribution in [2.45, 2.75) is 64.5 Å². The van der Waals surface area contributed by atoms with E-state index < -0.39 is 0 Å². The van der Waals surface area contributed by atoms with Crippen LogP contribution in [0, 0.1) is 11.8 Å². The molecule has 0 bridgehead atoms. The van der Waals surface area contributed by atoms with Crippen LogP contribution in [0.15, 0.2) is 0 Å². The fourth-order valence-corrected chi connectivity index (χ4v) is 3.48. The van der Waals surface area contributed by atoms with Crippen LogP contribution in [-0.2, 0) is 4.79 Å². The highest BCUT2D eigenvalue weighted by molar-refractivity contribution is 5.77. The van der Waals surface area contributed by atoms with E-state index in [1.54, 1.807) is 0 Å². The maximum Gasteiger partial charge on any atom is 0.223 e. The van der Waals surface area contributed by atoms with Crippen molar-refractivity contribution in [1.29, 1.82) is 0 Å². The van der Waals surface area contributed by atoms with Gasteiger partial charge < -0.3 is 10.6 Å². The maximum absolute atomic E-state index is 12.3. The molecule has 2 aliphatic rings. The molecule has 0 spiro atoms. The third-order valence-corrected chi connectivity index (χ3v) is 4.51. The van der Waals surface area contributed by atoms with Crippen molar-refractivity contribution in [3.8, 4) is 0 Å². The average molecular weight is 238 g/mol. The number of carbonyl (C=O) groups is 1. The highest BCUT2D eigenvalue weighted by Crippen LogP contribution is 2.29. The molecule has 1 amide bonds. The molecule has 0 radical (unpaired) electrons. The molecule has 3 heteroatoms. The van der Waals surface area contributed by atoms with E-state index in [9.17, 15) is 4.79 Å². The van der Waals surface area contributed by atoms with Gasteiger partial charge in [0.05, 0.1) is 0 Å². The Morgan fingerprint density at radius 3 is 2.59 bits per heavy atom. The van der Waals surface area contributed by atoms with Crippen LogP contribution in [0.5, 0.6) is 0 Å². The van der Waals surface area contributed by atoms with Gasteiger partial charge in [-0.15, -0.1) is 0 Å². The number of nitrogens with two attached hydrogens (primary N) is 1. The Morgan fingerprint density at radius 2 is 2.00 bits per heavy atom. The number of carbonyl (C=O) groups excluding carboxylic acids is 1. The number of rotatable bonds is 2. The first-order chi connectivity index (χ1) is 8.08. The SMILES string of the molecule is CC1CC(C)N(C(=O)CC2CCCCC2N)C1. The van der Waals surface area contributed by atoms with Crippen LogP contribution in [0.4, 0.5) is 0 Å². The molecule has 17 heavy (non-hydrogen) atoms. The van der Waals surface area contributed by atoms with Crippen molar-refractivity contribution in [1.82, 2.24) is 4.90 Å². The first-order valence-corrected chi connectivity index (χ1v) is 7.13. The molecule has 1 saturated carbocycles. The fourth-order valence-electron chi connectivity index (χ4n) is 3.48. The van der Waals surface area contributed by atoms with Gasteiger partial charge in [0.1, 0.15) is 0 Å². The fraction of sp³-hybridized carbons (Fsp3) is 0.929. The first kappa shape index (κ1) is 12.9. The Hall–Kier alpha value is -0.570. The molecule has 1 aliphatic heterocycles. The van der Waals surface area contributed by atoms with Crippen LogP contribution in [0.25, 0.3) is 0 Å². The van der Waals surface area contributed by atoms with Crippen molar-refractivity contribution in [2.75, 3.05) is 6.54 Å². The smallest absolute Gasteiger partial charge is 0.223 e. The van der Waals surface area contributed by atoms with Gasteiger partial charge in [-0.05, 0) is 38.0 Å². The number of hydrogen-bond acceptors (Lipinski definition) is 2. The van der Waals surface area contributed by atoms with Crippen molar-refractivity contribution >= 4 is 5.91 Å². The highest BCUT2D eigenvalue weighted by atomic mass is 16.2. The number of likely N-dealkylation sites (tertiary alicyclic amines) is 1. The standard InChI is InChI=1S/C14H26N2O/c1-10-7-11(2)16(9-10)14(17)8-12-5-3-4-6-13(12)15/h10-13H,3-9,15H2,1-2H3. The van der Waals surface area contributed by atoms with E-state index in [2.05, 4.69) is 18.7 Å². The van der Waals surface area contributed by atoms with E-state index >= 15 is 0 Å². The van der Waals surface area contributed by atoms with Crippen molar-refractivity contribution < 1.29 is 4.79 Å². The number of nitrogens with zero attached hydrogens (tertiary/aromatic N) is 1. The van der Waals surface area contributed by atoms with Crippen LogP contribution >= 0.6 is 0 Å². The molecule has 1 saturated heterocycles. The van der Waals surface area contributed by atoms with E-state index in [4.69, 9.17) is 5.73 Å². The predicted molar refractivity (Wildman–Crippen MR) is 69.5 cm³/mol. The van der Waals surface area contributed by atoms with Gasteiger partial charge in [-0.2, -0.15) is 0 Å². The van der Waals surface area contributed by atoms with Gasteiger partial charge in [-0.25, -0.2) is 0 Å².